The fourth-order valence-corrected chi connectivity index (χ4v) is 5.11. The first-order chi connectivity index (χ1) is 18.6. The maximum Gasteiger partial charge on any atom is 0.432 e. The molecular formula is C30H27F7O2. The molecule has 0 saturated heterocycles. The minimum Gasteiger partial charge on any atom is -0.456 e. The van der Waals surface area contributed by atoms with Crippen molar-refractivity contribution >= 4 is 0 Å². The fourth-order valence-electron chi connectivity index (χ4n) is 5.11. The number of ether oxygens (including phenoxy) is 2. The van der Waals surface area contributed by atoms with Crippen molar-refractivity contribution in [3.8, 4) is 22.6 Å². The van der Waals surface area contributed by atoms with E-state index < -0.39 is 46.7 Å². The lowest BCUT2D eigenvalue weighted by Crippen LogP contribution is -2.25. The van der Waals surface area contributed by atoms with Crippen LogP contribution in [0.1, 0.15) is 62.5 Å². The standard InChI is InChI=1S/C30H27F7O2/c1-2-3-18-4-6-19(7-5-18)20-8-10-21(11-9-20)22-14-25(32)29(26(33)15-22)30(36,37)39-23-12-13-27(24(31)16-23)38-17-28(34)35/h8-19H,2-7H2,1H3. The van der Waals surface area contributed by atoms with Crippen molar-refractivity contribution in [2.45, 2.75) is 57.5 Å². The summed E-state index contributed by atoms with van der Waals surface area (Å²) in [4.78, 5) is 0. The van der Waals surface area contributed by atoms with Gasteiger partial charge in [0.05, 0.1) is 0 Å². The van der Waals surface area contributed by atoms with Gasteiger partial charge in [0.2, 0.25) is 0 Å². The number of benzene rings is 3. The highest BCUT2D eigenvalue weighted by Gasteiger charge is 2.41. The molecule has 0 N–H and O–H groups in total. The van der Waals surface area contributed by atoms with Crippen molar-refractivity contribution in [3.63, 3.8) is 0 Å². The molecule has 3 aromatic carbocycles. The molecule has 9 heteroatoms. The van der Waals surface area contributed by atoms with E-state index in [2.05, 4.69) is 16.4 Å². The molecule has 1 aliphatic rings. The maximum atomic E-state index is 14.8. The lowest BCUT2D eigenvalue weighted by Gasteiger charge is -2.28. The average Bonchev–Trinajstić information content (AvgIpc) is 2.88. The highest BCUT2D eigenvalue weighted by atomic mass is 19.3. The molecule has 1 fully saturated rings. The maximum absolute atomic E-state index is 14.8. The number of rotatable bonds is 9. The van der Waals surface area contributed by atoms with Gasteiger partial charge in [-0.05, 0) is 78.5 Å². The summed E-state index contributed by atoms with van der Waals surface area (Å²) in [6, 6.07) is 10.8. The first-order valence-corrected chi connectivity index (χ1v) is 12.7. The Morgan fingerprint density at radius 1 is 0.846 bits per heavy atom. The van der Waals surface area contributed by atoms with Crippen LogP contribution in [0, 0.1) is 23.4 Å². The Morgan fingerprint density at radius 2 is 1.49 bits per heavy atom. The monoisotopic (exact) mass is 552 g/mol. The molecule has 0 aromatic heterocycles. The second-order valence-corrected chi connectivity index (χ2v) is 9.68. The Labute approximate surface area is 222 Å². The summed E-state index contributed by atoms with van der Waals surface area (Å²) in [7, 11) is 0. The second-order valence-electron chi connectivity index (χ2n) is 9.68. The van der Waals surface area contributed by atoms with E-state index in [-0.39, 0.29) is 11.8 Å². The summed E-state index contributed by atoms with van der Waals surface area (Å²) in [5.41, 5.74) is 0.0301. The molecule has 0 radical (unpaired) electrons. The van der Waals surface area contributed by atoms with Gasteiger partial charge in [-0.2, -0.15) is 17.6 Å². The molecule has 3 aromatic rings. The molecule has 0 aliphatic heterocycles. The first-order valence-electron chi connectivity index (χ1n) is 12.7. The molecule has 0 bridgehead atoms. The molecule has 1 aliphatic carbocycles. The van der Waals surface area contributed by atoms with Gasteiger partial charge in [0, 0.05) is 6.07 Å². The minimum absolute atomic E-state index is 0.0357. The van der Waals surface area contributed by atoms with E-state index in [1.54, 1.807) is 12.1 Å². The van der Waals surface area contributed by atoms with Gasteiger partial charge in [-0.25, -0.2) is 13.2 Å². The van der Waals surface area contributed by atoms with Crippen LogP contribution in [-0.2, 0) is 6.11 Å². The molecule has 0 unspecified atom stereocenters. The van der Waals surface area contributed by atoms with Crippen molar-refractivity contribution in [3.05, 3.63) is 95.5 Å². The van der Waals surface area contributed by atoms with Crippen LogP contribution in [0.4, 0.5) is 30.7 Å². The van der Waals surface area contributed by atoms with Crippen LogP contribution < -0.4 is 9.47 Å². The van der Waals surface area contributed by atoms with Crippen LogP contribution in [-0.4, -0.2) is 0 Å². The van der Waals surface area contributed by atoms with Crippen LogP contribution in [0.2, 0.25) is 0 Å². The number of hydrogen-bond acceptors (Lipinski definition) is 2. The van der Waals surface area contributed by atoms with E-state index in [1.807, 2.05) is 12.1 Å². The Hall–Kier alpha value is -3.49. The van der Waals surface area contributed by atoms with Gasteiger partial charge >= 0.3 is 12.2 Å². The van der Waals surface area contributed by atoms with Crippen LogP contribution in [0.3, 0.4) is 0 Å². The van der Waals surface area contributed by atoms with Crippen molar-refractivity contribution in [2.75, 3.05) is 0 Å². The molecule has 0 atom stereocenters. The van der Waals surface area contributed by atoms with Crippen LogP contribution in [0.25, 0.3) is 11.1 Å². The van der Waals surface area contributed by atoms with Gasteiger partial charge in [0.1, 0.15) is 22.9 Å². The molecule has 0 spiro atoms. The zero-order chi connectivity index (χ0) is 28.2. The van der Waals surface area contributed by atoms with E-state index in [9.17, 15) is 30.7 Å². The predicted molar refractivity (Wildman–Crippen MR) is 133 cm³/mol. The Morgan fingerprint density at radius 3 is 2.05 bits per heavy atom. The lowest BCUT2D eigenvalue weighted by molar-refractivity contribution is -0.189. The lowest BCUT2D eigenvalue weighted by atomic mass is 9.77. The average molecular weight is 553 g/mol. The largest absolute Gasteiger partial charge is 0.456 e. The molecule has 4 rings (SSSR count). The fraction of sp³-hybridized carbons (Fsp3) is 0.333. The van der Waals surface area contributed by atoms with Crippen molar-refractivity contribution in [2.24, 2.45) is 5.92 Å². The minimum atomic E-state index is -4.51. The van der Waals surface area contributed by atoms with Crippen molar-refractivity contribution in [1.29, 1.82) is 0 Å². The van der Waals surface area contributed by atoms with Crippen molar-refractivity contribution in [1.82, 2.24) is 0 Å². The molecule has 2 nitrogen and oxygen atoms in total. The third kappa shape index (κ3) is 6.94. The molecule has 0 heterocycles. The van der Waals surface area contributed by atoms with Gasteiger partial charge in [-0.15, -0.1) is 0 Å². The van der Waals surface area contributed by atoms with Gasteiger partial charge in [0.25, 0.3) is 0 Å². The van der Waals surface area contributed by atoms with Gasteiger partial charge in [-0.3, -0.25) is 0 Å². The van der Waals surface area contributed by atoms with Crippen LogP contribution in [0.15, 0.2) is 66.9 Å². The summed E-state index contributed by atoms with van der Waals surface area (Å²) in [5, 5.41) is 0. The van der Waals surface area contributed by atoms with E-state index >= 15 is 0 Å². The summed E-state index contributed by atoms with van der Waals surface area (Å²) < 4.78 is 106. The molecule has 0 amide bonds. The molecular weight excluding hydrogens is 525 g/mol. The van der Waals surface area contributed by atoms with E-state index in [0.717, 1.165) is 48.6 Å². The molecule has 39 heavy (non-hydrogen) atoms. The number of halogens is 7. The Bertz CT molecular complexity index is 1290. The summed E-state index contributed by atoms with van der Waals surface area (Å²) >= 11 is 0. The van der Waals surface area contributed by atoms with Crippen LogP contribution >= 0.6 is 0 Å². The highest BCUT2D eigenvalue weighted by Crippen LogP contribution is 2.40. The van der Waals surface area contributed by atoms with E-state index in [0.29, 0.717) is 17.5 Å². The van der Waals surface area contributed by atoms with Crippen LogP contribution in [0.5, 0.6) is 11.5 Å². The zero-order valence-electron chi connectivity index (χ0n) is 21.1. The van der Waals surface area contributed by atoms with E-state index in [4.69, 9.17) is 0 Å². The summed E-state index contributed by atoms with van der Waals surface area (Å²) in [6.45, 7) is 2.19. The third-order valence-corrected chi connectivity index (χ3v) is 7.02. The SMILES string of the molecule is CCCC1CCC(c2ccc(-c3cc(F)c(C(F)(F)Oc4ccc(OC=C(F)F)c(F)c4)c(F)c3)cc2)CC1. The van der Waals surface area contributed by atoms with Gasteiger partial charge < -0.3 is 9.47 Å². The Kier molecular flexibility index (Phi) is 8.87. The number of alkyl halides is 2. The zero-order valence-corrected chi connectivity index (χ0v) is 21.1. The van der Waals surface area contributed by atoms with Gasteiger partial charge in [-0.1, -0.05) is 44.0 Å². The first kappa shape index (κ1) is 28.5. The summed E-state index contributed by atoms with van der Waals surface area (Å²) in [6.07, 6.45) is 0.163. The smallest absolute Gasteiger partial charge is 0.432 e. The quantitative estimate of drug-likeness (QED) is 0.194. The normalized spacial score (nSPS) is 17.5. The predicted octanol–water partition coefficient (Wildman–Crippen LogP) is 10.1. The Balaban J connectivity index is 1.49. The topological polar surface area (TPSA) is 18.5 Å². The van der Waals surface area contributed by atoms with Gasteiger partial charge in [0.15, 0.2) is 17.8 Å². The highest BCUT2D eigenvalue weighted by molar-refractivity contribution is 5.64. The number of hydrogen-bond donors (Lipinski definition) is 0. The molecule has 1 saturated carbocycles. The summed E-state index contributed by atoms with van der Waals surface area (Å²) in [5.74, 6) is -4.68. The molecule has 208 valence electrons. The third-order valence-electron chi connectivity index (χ3n) is 7.02. The van der Waals surface area contributed by atoms with E-state index in [1.165, 1.54) is 25.7 Å². The van der Waals surface area contributed by atoms with Crippen molar-refractivity contribution < 1.29 is 40.2 Å². The second kappa shape index (κ2) is 12.1.